The number of aliphatic hydroxyl groups is 2. The van der Waals surface area contributed by atoms with Gasteiger partial charge in [-0.3, -0.25) is 13.8 Å². The number of allylic oxidation sites excluding steroid dienone is 7. The van der Waals surface area contributed by atoms with Crippen LogP contribution in [0.2, 0.25) is 0 Å². The fourth-order valence-electron chi connectivity index (χ4n) is 6.79. The van der Waals surface area contributed by atoms with Crippen LogP contribution in [0.15, 0.2) is 48.6 Å². The van der Waals surface area contributed by atoms with Crippen molar-refractivity contribution in [3.8, 4) is 0 Å². The van der Waals surface area contributed by atoms with E-state index in [1.807, 2.05) is 6.08 Å². The van der Waals surface area contributed by atoms with Gasteiger partial charge in [-0.15, -0.1) is 0 Å². The van der Waals surface area contributed by atoms with Gasteiger partial charge in [0.15, 0.2) is 0 Å². The maximum absolute atomic E-state index is 12.8. The highest BCUT2D eigenvalue weighted by molar-refractivity contribution is 7.47. The fraction of sp³-hybridized carbons (Fsp3) is 0.812. The third kappa shape index (κ3) is 41.2. The predicted octanol–water partition coefficient (Wildman–Crippen LogP) is 12.6. The highest BCUT2D eigenvalue weighted by Crippen LogP contribution is 2.43. The lowest BCUT2D eigenvalue weighted by Crippen LogP contribution is -2.46. The Morgan fingerprint density at radius 3 is 1.43 bits per heavy atom. The number of hydrogen-bond acceptors (Lipinski definition) is 7. The first kappa shape index (κ1) is 56.4. The second-order valence-corrected chi connectivity index (χ2v) is 17.6. The second-order valence-electron chi connectivity index (χ2n) is 16.1. The first-order chi connectivity index (χ1) is 28.3. The summed E-state index contributed by atoms with van der Waals surface area (Å²) in [5.41, 5.74) is 5.37. The van der Waals surface area contributed by atoms with E-state index in [9.17, 15) is 24.5 Å². The summed E-state index contributed by atoms with van der Waals surface area (Å²) in [6, 6.07) is -1.01. The van der Waals surface area contributed by atoms with Gasteiger partial charge in [-0.1, -0.05) is 184 Å². The Hall–Kier alpha value is -1.58. The molecule has 4 atom stereocenters. The molecule has 340 valence electrons. The number of carbonyl (C=O) groups excluding carboxylic acids is 1. The molecule has 9 nitrogen and oxygen atoms in total. The largest absolute Gasteiger partial charge is 0.472 e. The van der Waals surface area contributed by atoms with E-state index in [0.717, 1.165) is 57.8 Å². The van der Waals surface area contributed by atoms with Crippen molar-refractivity contribution in [3.63, 3.8) is 0 Å². The van der Waals surface area contributed by atoms with Gasteiger partial charge in [-0.25, -0.2) is 4.57 Å². The van der Waals surface area contributed by atoms with E-state index in [0.29, 0.717) is 12.8 Å². The van der Waals surface area contributed by atoms with Crippen LogP contribution in [0.25, 0.3) is 0 Å². The van der Waals surface area contributed by atoms with Crippen LogP contribution in [-0.2, 0) is 18.4 Å². The van der Waals surface area contributed by atoms with Crippen LogP contribution < -0.4 is 11.1 Å². The summed E-state index contributed by atoms with van der Waals surface area (Å²) in [5.74, 6) is -0.465. The Balaban J connectivity index is 4.31. The lowest BCUT2D eigenvalue weighted by molar-refractivity contribution is -0.124. The Morgan fingerprint density at radius 1 is 0.586 bits per heavy atom. The molecule has 0 aliphatic carbocycles. The van der Waals surface area contributed by atoms with Crippen LogP contribution in [0.3, 0.4) is 0 Å². The molecule has 0 saturated carbocycles. The molecule has 0 aromatic carbocycles. The van der Waals surface area contributed by atoms with Gasteiger partial charge in [0.05, 0.1) is 37.9 Å². The molecular formula is C48H91N2O7P. The average Bonchev–Trinajstić information content (AvgIpc) is 3.20. The summed E-state index contributed by atoms with van der Waals surface area (Å²) >= 11 is 0. The van der Waals surface area contributed by atoms with Crippen molar-refractivity contribution < 1.29 is 33.5 Å². The average molecular weight is 839 g/mol. The van der Waals surface area contributed by atoms with E-state index in [-0.39, 0.29) is 19.6 Å². The minimum absolute atomic E-state index is 0.0403. The summed E-state index contributed by atoms with van der Waals surface area (Å²) in [7, 11) is -4.42. The SMILES string of the molecule is CCCCCCCC/C=C/CC/C=C/CC/C=C/C(O)C(COP(=O)(O)OCCN)NC(=O)CC(O)CCCCCCC/C=C\CCCCCCCCCCCCC. The number of nitrogens with one attached hydrogen (secondary N) is 1. The molecule has 0 bridgehead atoms. The zero-order valence-corrected chi connectivity index (χ0v) is 38.3. The number of nitrogens with two attached hydrogens (primary N) is 1. The van der Waals surface area contributed by atoms with Crippen LogP contribution in [-0.4, -0.2) is 59.0 Å². The molecule has 58 heavy (non-hydrogen) atoms. The fourth-order valence-corrected chi connectivity index (χ4v) is 7.55. The minimum Gasteiger partial charge on any atom is -0.393 e. The molecule has 4 unspecified atom stereocenters. The van der Waals surface area contributed by atoms with Crippen molar-refractivity contribution in [2.75, 3.05) is 19.8 Å². The summed E-state index contributed by atoms with van der Waals surface area (Å²) in [6.45, 7) is 3.94. The molecule has 0 radical (unpaired) electrons. The van der Waals surface area contributed by atoms with E-state index >= 15 is 0 Å². The predicted molar refractivity (Wildman–Crippen MR) is 246 cm³/mol. The summed E-state index contributed by atoms with van der Waals surface area (Å²) in [4.78, 5) is 22.8. The standard InChI is InChI=1S/C48H91N2O7P/c1-3-5-7-9-11-13-15-17-19-21-22-23-24-25-27-29-31-33-35-37-39-45(51)43-48(53)50-46(44-57-58(54,55)56-42-41-49)47(52)40-38-36-34-32-30-28-26-20-18-16-14-12-10-8-6-4-2/h18,20,24-25,30,32,38,40,45-47,51-52H,3-17,19,21-23,26-29,31,33-37,39,41-44,49H2,1-2H3,(H,50,53)(H,54,55)/b20-18+,25-24-,32-30+,40-38+. The van der Waals surface area contributed by atoms with E-state index < -0.39 is 38.6 Å². The number of rotatable bonds is 44. The van der Waals surface area contributed by atoms with Gasteiger partial charge in [0.2, 0.25) is 5.91 Å². The van der Waals surface area contributed by atoms with E-state index in [4.69, 9.17) is 14.8 Å². The quantitative estimate of drug-likeness (QED) is 0.0231. The van der Waals surface area contributed by atoms with Crippen molar-refractivity contribution in [2.45, 2.75) is 231 Å². The minimum atomic E-state index is -4.42. The van der Waals surface area contributed by atoms with Crippen molar-refractivity contribution in [1.82, 2.24) is 5.32 Å². The van der Waals surface area contributed by atoms with Gasteiger partial charge < -0.3 is 26.2 Å². The van der Waals surface area contributed by atoms with Crippen LogP contribution in [0, 0.1) is 0 Å². The third-order valence-corrected chi connectivity index (χ3v) is 11.4. The van der Waals surface area contributed by atoms with Gasteiger partial charge in [-0.05, 0) is 70.6 Å². The molecule has 0 rings (SSSR count). The number of hydrogen-bond donors (Lipinski definition) is 5. The van der Waals surface area contributed by atoms with Crippen LogP contribution in [0.4, 0.5) is 0 Å². The van der Waals surface area contributed by atoms with Crippen LogP contribution in [0.1, 0.15) is 213 Å². The summed E-state index contributed by atoms with van der Waals surface area (Å²) < 4.78 is 22.1. The Labute approximate surface area is 356 Å². The van der Waals surface area contributed by atoms with E-state index in [1.54, 1.807) is 6.08 Å². The van der Waals surface area contributed by atoms with Gasteiger partial charge in [0, 0.05) is 6.54 Å². The zero-order chi connectivity index (χ0) is 42.6. The Morgan fingerprint density at radius 2 is 0.983 bits per heavy atom. The topological polar surface area (TPSA) is 151 Å². The van der Waals surface area contributed by atoms with E-state index in [2.05, 4.69) is 55.6 Å². The van der Waals surface area contributed by atoms with Gasteiger partial charge in [-0.2, -0.15) is 0 Å². The van der Waals surface area contributed by atoms with Crippen LogP contribution in [0.5, 0.6) is 0 Å². The smallest absolute Gasteiger partial charge is 0.393 e. The maximum atomic E-state index is 12.8. The van der Waals surface area contributed by atoms with Gasteiger partial charge in [0.1, 0.15) is 0 Å². The first-order valence-electron chi connectivity index (χ1n) is 23.8. The number of phosphoric ester groups is 1. The van der Waals surface area contributed by atoms with Gasteiger partial charge in [0.25, 0.3) is 0 Å². The molecule has 0 aliphatic rings. The maximum Gasteiger partial charge on any atom is 0.472 e. The lowest BCUT2D eigenvalue weighted by Gasteiger charge is -2.24. The van der Waals surface area contributed by atoms with Crippen LogP contribution >= 0.6 is 7.82 Å². The molecule has 0 aliphatic heterocycles. The molecule has 6 N–H and O–H groups in total. The zero-order valence-electron chi connectivity index (χ0n) is 37.4. The lowest BCUT2D eigenvalue weighted by atomic mass is 10.0. The number of phosphoric acid groups is 1. The van der Waals surface area contributed by atoms with Crippen molar-refractivity contribution in [3.05, 3.63) is 48.6 Å². The molecule has 0 fully saturated rings. The number of carbonyl (C=O) groups is 1. The molecule has 1 amide bonds. The normalized spacial score (nSPS) is 14.9. The first-order valence-corrected chi connectivity index (χ1v) is 25.3. The van der Waals surface area contributed by atoms with Crippen molar-refractivity contribution in [1.29, 1.82) is 0 Å². The molecule has 0 aromatic heterocycles. The molecule has 0 saturated heterocycles. The number of unbranched alkanes of at least 4 members (excludes halogenated alkanes) is 24. The molecule has 0 heterocycles. The molecule has 10 heteroatoms. The number of aliphatic hydroxyl groups excluding tert-OH is 2. The third-order valence-electron chi connectivity index (χ3n) is 10.4. The van der Waals surface area contributed by atoms with Gasteiger partial charge >= 0.3 is 7.82 Å². The Kier molecular flexibility index (Phi) is 42.3. The van der Waals surface area contributed by atoms with Crippen molar-refractivity contribution >= 4 is 13.7 Å². The highest BCUT2D eigenvalue weighted by Gasteiger charge is 2.27. The highest BCUT2D eigenvalue weighted by atomic mass is 31.2. The molecular weight excluding hydrogens is 748 g/mol. The molecule has 0 spiro atoms. The second kappa shape index (κ2) is 43.5. The number of amides is 1. The molecule has 0 aromatic rings. The van der Waals surface area contributed by atoms with E-state index in [1.165, 1.54) is 122 Å². The summed E-state index contributed by atoms with van der Waals surface area (Å²) in [5, 5.41) is 24.1. The summed E-state index contributed by atoms with van der Waals surface area (Å²) in [6.07, 6.45) is 50.6. The van der Waals surface area contributed by atoms with Crippen molar-refractivity contribution in [2.24, 2.45) is 5.73 Å². The Bertz CT molecular complexity index is 1070. The monoisotopic (exact) mass is 839 g/mol.